The van der Waals surface area contributed by atoms with E-state index >= 15 is 0 Å². The Morgan fingerprint density at radius 2 is 1.88 bits per heavy atom. The van der Waals surface area contributed by atoms with Crippen LogP contribution in [0, 0.1) is 5.92 Å². The molecule has 1 aliphatic rings. The third-order valence-electron chi connectivity index (χ3n) is 4.16. The summed E-state index contributed by atoms with van der Waals surface area (Å²) in [7, 11) is 2.87. The number of carbonyl (C=O) groups is 2. The first-order chi connectivity index (χ1) is 11.6. The number of rotatable bonds is 6. The van der Waals surface area contributed by atoms with Gasteiger partial charge in [-0.1, -0.05) is 6.42 Å². The number of esters is 2. The Hall–Kier alpha value is -2.24. The number of ether oxygens (including phenoxy) is 4. The van der Waals surface area contributed by atoms with Crippen molar-refractivity contribution in [3.8, 4) is 11.5 Å². The van der Waals surface area contributed by atoms with Crippen LogP contribution in [0.25, 0.3) is 0 Å². The van der Waals surface area contributed by atoms with Crippen LogP contribution < -0.4 is 9.47 Å². The molecule has 0 amide bonds. The van der Waals surface area contributed by atoms with E-state index in [-0.39, 0.29) is 5.97 Å². The molecule has 0 bridgehead atoms. The largest absolute Gasteiger partial charge is 0.493 e. The molecule has 0 saturated heterocycles. The van der Waals surface area contributed by atoms with Crippen molar-refractivity contribution < 1.29 is 28.5 Å². The molecule has 1 fully saturated rings. The SMILES string of the molecule is CCOc1ccc(C(=O)OC2CCCCC2C(=O)OC)cc1OC. The van der Waals surface area contributed by atoms with Crippen LogP contribution in [-0.2, 0) is 14.3 Å². The van der Waals surface area contributed by atoms with Crippen LogP contribution >= 0.6 is 0 Å². The minimum absolute atomic E-state index is 0.322. The van der Waals surface area contributed by atoms with E-state index < -0.39 is 18.0 Å². The highest BCUT2D eigenvalue weighted by molar-refractivity contribution is 5.90. The summed E-state index contributed by atoms with van der Waals surface area (Å²) in [5.74, 6) is -0.146. The number of benzene rings is 1. The second kappa shape index (κ2) is 8.57. The predicted octanol–water partition coefficient (Wildman–Crippen LogP) is 2.98. The van der Waals surface area contributed by atoms with Gasteiger partial charge in [0.25, 0.3) is 0 Å². The summed E-state index contributed by atoms with van der Waals surface area (Å²) in [6.45, 7) is 2.38. The summed E-state index contributed by atoms with van der Waals surface area (Å²) in [5, 5.41) is 0. The Kier molecular flexibility index (Phi) is 6.46. The second-order valence-electron chi connectivity index (χ2n) is 5.66. The molecule has 6 heteroatoms. The molecule has 24 heavy (non-hydrogen) atoms. The van der Waals surface area contributed by atoms with Gasteiger partial charge in [-0.2, -0.15) is 0 Å². The van der Waals surface area contributed by atoms with E-state index in [1.165, 1.54) is 14.2 Å². The van der Waals surface area contributed by atoms with Crippen molar-refractivity contribution in [1.82, 2.24) is 0 Å². The van der Waals surface area contributed by atoms with E-state index in [4.69, 9.17) is 18.9 Å². The van der Waals surface area contributed by atoms with E-state index in [1.807, 2.05) is 6.92 Å². The van der Waals surface area contributed by atoms with E-state index in [0.29, 0.717) is 36.5 Å². The van der Waals surface area contributed by atoms with Gasteiger partial charge in [0, 0.05) is 0 Å². The Morgan fingerprint density at radius 3 is 2.54 bits per heavy atom. The molecular weight excluding hydrogens is 312 g/mol. The van der Waals surface area contributed by atoms with Gasteiger partial charge in [-0.15, -0.1) is 0 Å². The number of methoxy groups -OCH3 is 2. The van der Waals surface area contributed by atoms with Crippen LogP contribution in [0.5, 0.6) is 11.5 Å². The number of carbonyl (C=O) groups excluding carboxylic acids is 2. The summed E-state index contributed by atoms with van der Waals surface area (Å²) >= 11 is 0. The molecule has 0 aliphatic heterocycles. The van der Waals surface area contributed by atoms with Crippen LogP contribution in [0.15, 0.2) is 18.2 Å². The van der Waals surface area contributed by atoms with E-state index in [1.54, 1.807) is 18.2 Å². The van der Waals surface area contributed by atoms with Crippen molar-refractivity contribution >= 4 is 11.9 Å². The highest BCUT2D eigenvalue weighted by Gasteiger charge is 2.34. The normalized spacial score (nSPS) is 20.1. The highest BCUT2D eigenvalue weighted by Crippen LogP contribution is 2.31. The third kappa shape index (κ3) is 4.19. The molecule has 1 aromatic rings. The fourth-order valence-corrected chi connectivity index (χ4v) is 2.93. The molecule has 0 heterocycles. The summed E-state index contributed by atoms with van der Waals surface area (Å²) in [4.78, 5) is 24.3. The zero-order valence-corrected chi connectivity index (χ0v) is 14.4. The van der Waals surface area contributed by atoms with Crippen molar-refractivity contribution in [3.63, 3.8) is 0 Å². The van der Waals surface area contributed by atoms with Crippen molar-refractivity contribution in [1.29, 1.82) is 0 Å². The Labute approximate surface area is 142 Å². The van der Waals surface area contributed by atoms with Gasteiger partial charge in [0.2, 0.25) is 0 Å². The standard InChI is InChI=1S/C18H24O6/c1-4-23-15-10-9-12(11-16(15)21-2)17(19)24-14-8-6-5-7-13(14)18(20)22-3/h9-11,13-14H,4-8H2,1-3H3. The maximum absolute atomic E-state index is 12.4. The van der Waals surface area contributed by atoms with Crippen LogP contribution in [0.3, 0.4) is 0 Å². The van der Waals surface area contributed by atoms with Crippen molar-refractivity contribution in [2.75, 3.05) is 20.8 Å². The fourth-order valence-electron chi connectivity index (χ4n) is 2.93. The average Bonchev–Trinajstić information content (AvgIpc) is 2.62. The zero-order chi connectivity index (χ0) is 17.5. The van der Waals surface area contributed by atoms with Gasteiger partial charge in [0.1, 0.15) is 6.10 Å². The summed E-state index contributed by atoms with van der Waals surface area (Å²) in [5.41, 5.74) is 0.365. The average molecular weight is 336 g/mol. The van der Waals surface area contributed by atoms with E-state index in [2.05, 4.69) is 0 Å². The smallest absolute Gasteiger partial charge is 0.338 e. The molecule has 1 aliphatic carbocycles. The summed E-state index contributed by atoms with van der Waals surface area (Å²) < 4.78 is 21.1. The Balaban J connectivity index is 2.12. The quantitative estimate of drug-likeness (QED) is 0.744. The second-order valence-corrected chi connectivity index (χ2v) is 5.66. The Bertz CT molecular complexity index is 583. The molecular formula is C18H24O6. The molecule has 132 valence electrons. The maximum atomic E-state index is 12.4. The molecule has 0 spiro atoms. The highest BCUT2D eigenvalue weighted by atomic mass is 16.6. The van der Waals surface area contributed by atoms with E-state index in [0.717, 1.165) is 12.8 Å². The number of hydrogen-bond donors (Lipinski definition) is 0. The van der Waals surface area contributed by atoms with Gasteiger partial charge in [-0.05, 0) is 44.4 Å². The molecule has 2 rings (SSSR count). The first-order valence-corrected chi connectivity index (χ1v) is 8.20. The fraction of sp³-hybridized carbons (Fsp3) is 0.556. The molecule has 1 aromatic carbocycles. The van der Waals surface area contributed by atoms with Gasteiger partial charge >= 0.3 is 11.9 Å². The maximum Gasteiger partial charge on any atom is 0.338 e. The Morgan fingerprint density at radius 1 is 1.12 bits per heavy atom. The lowest BCUT2D eigenvalue weighted by molar-refractivity contribution is -0.151. The van der Waals surface area contributed by atoms with Gasteiger partial charge < -0.3 is 18.9 Å². The molecule has 0 aromatic heterocycles. The zero-order valence-electron chi connectivity index (χ0n) is 14.4. The predicted molar refractivity (Wildman–Crippen MR) is 87.3 cm³/mol. The molecule has 0 N–H and O–H groups in total. The molecule has 1 saturated carbocycles. The first kappa shape index (κ1) is 18.1. The number of hydrogen-bond acceptors (Lipinski definition) is 6. The lowest BCUT2D eigenvalue weighted by atomic mass is 9.86. The van der Waals surface area contributed by atoms with Crippen LogP contribution in [0.1, 0.15) is 43.0 Å². The molecule has 6 nitrogen and oxygen atoms in total. The lowest BCUT2D eigenvalue weighted by Crippen LogP contribution is -2.36. The van der Waals surface area contributed by atoms with Crippen LogP contribution in [0.4, 0.5) is 0 Å². The van der Waals surface area contributed by atoms with Gasteiger partial charge in [-0.3, -0.25) is 4.79 Å². The third-order valence-corrected chi connectivity index (χ3v) is 4.16. The molecule has 0 radical (unpaired) electrons. The monoisotopic (exact) mass is 336 g/mol. The van der Waals surface area contributed by atoms with Gasteiger partial charge in [0.15, 0.2) is 11.5 Å². The minimum atomic E-state index is -0.475. The van der Waals surface area contributed by atoms with Crippen molar-refractivity contribution in [2.45, 2.75) is 38.7 Å². The molecule has 2 atom stereocenters. The van der Waals surface area contributed by atoms with Gasteiger partial charge in [-0.25, -0.2) is 4.79 Å². The van der Waals surface area contributed by atoms with Crippen molar-refractivity contribution in [2.24, 2.45) is 5.92 Å². The van der Waals surface area contributed by atoms with Crippen LogP contribution in [0.2, 0.25) is 0 Å². The summed E-state index contributed by atoms with van der Waals surface area (Å²) in [6.07, 6.45) is 2.76. The lowest BCUT2D eigenvalue weighted by Gasteiger charge is -2.29. The molecule has 2 unspecified atom stereocenters. The summed E-state index contributed by atoms with van der Waals surface area (Å²) in [6, 6.07) is 4.90. The van der Waals surface area contributed by atoms with Gasteiger partial charge in [0.05, 0.1) is 32.3 Å². The topological polar surface area (TPSA) is 71.1 Å². The van der Waals surface area contributed by atoms with E-state index in [9.17, 15) is 9.59 Å². The minimum Gasteiger partial charge on any atom is -0.493 e. The first-order valence-electron chi connectivity index (χ1n) is 8.20. The van der Waals surface area contributed by atoms with Crippen LogP contribution in [-0.4, -0.2) is 38.9 Å². The van der Waals surface area contributed by atoms with Crippen molar-refractivity contribution in [3.05, 3.63) is 23.8 Å².